The summed E-state index contributed by atoms with van der Waals surface area (Å²) < 4.78 is 0. The van der Waals surface area contributed by atoms with Crippen molar-refractivity contribution in [2.75, 3.05) is 0 Å². The molecule has 0 atom stereocenters. The summed E-state index contributed by atoms with van der Waals surface area (Å²) in [5.41, 5.74) is 11.9. The molecule has 0 fully saturated rings. The summed E-state index contributed by atoms with van der Waals surface area (Å²) in [5, 5.41) is 0. The number of rotatable bonds is 7. The van der Waals surface area contributed by atoms with Crippen LogP contribution in [0.3, 0.4) is 0 Å². The van der Waals surface area contributed by atoms with Gasteiger partial charge in [0.25, 0.3) is 0 Å². The topological polar surface area (TPSA) is 51.6 Å². The van der Waals surface area contributed by atoms with Crippen molar-refractivity contribution in [2.45, 2.75) is 0 Å². The van der Waals surface area contributed by atoms with Crippen LogP contribution in [0.15, 0.2) is 182 Å². The maximum atomic E-state index is 4.94. The Balaban J connectivity index is 1.28. The largest absolute Gasteiger partial charge is 0.264 e. The summed E-state index contributed by atoms with van der Waals surface area (Å²) in [7, 11) is 0. The molecule has 8 rings (SSSR count). The normalized spacial score (nSPS) is 10.9. The molecule has 4 heteroatoms. The zero-order chi connectivity index (χ0) is 32.1. The van der Waals surface area contributed by atoms with Crippen molar-refractivity contribution in [3.63, 3.8) is 0 Å². The Morgan fingerprint density at radius 1 is 0.271 bits per heavy atom. The Bertz CT molecular complexity index is 2230. The van der Waals surface area contributed by atoms with Gasteiger partial charge in [-0.1, -0.05) is 152 Å². The van der Waals surface area contributed by atoms with Crippen LogP contribution in [-0.2, 0) is 0 Å². The van der Waals surface area contributed by atoms with Crippen molar-refractivity contribution >= 4 is 0 Å². The molecule has 4 nitrogen and oxygen atoms in total. The smallest absolute Gasteiger partial charge is 0.164 e. The summed E-state index contributed by atoms with van der Waals surface area (Å²) in [6.07, 6.45) is 3.75. The predicted octanol–water partition coefficient (Wildman–Crippen LogP) is 10.9. The molecule has 0 N–H and O–H groups in total. The first-order chi connectivity index (χ1) is 23.8. The zero-order valence-corrected chi connectivity index (χ0v) is 26.1. The Labute approximate surface area is 280 Å². The van der Waals surface area contributed by atoms with Gasteiger partial charge in [-0.2, -0.15) is 0 Å². The summed E-state index contributed by atoms with van der Waals surface area (Å²) in [6.45, 7) is 0. The highest BCUT2D eigenvalue weighted by atomic mass is 15.0. The maximum absolute atomic E-state index is 4.94. The molecule has 0 unspecified atom stereocenters. The second-order valence-electron chi connectivity index (χ2n) is 11.5. The fraction of sp³-hybridized carbons (Fsp3) is 0. The van der Waals surface area contributed by atoms with Crippen LogP contribution in [0.1, 0.15) is 0 Å². The molecule has 2 heterocycles. The van der Waals surface area contributed by atoms with E-state index in [4.69, 9.17) is 15.0 Å². The van der Waals surface area contributed by atoms with Gasteiger partial charge in [0, 0.05) is 34.6 Å². The first-order valence-electron chi connectivity index (χ1n) is 16.0. The molecule has 0 radical (unpaired) electrons. The molecule has 6 aromatic carbocycles. The number of aromatic nitrogens is 4. The van der Waals surface area contributed by atoms with Crippen LogP contribution >= 0.6 is 0 Å². The molecule has 0 aliphatic rings. The van der Waals surface area contributed by atoms with Crippen LogP contribution < -0.4 is 0 Å². The second-order valence-corrected chi connectivity index (χ2v) is 11.5. The molecule has 0 spiro atoms. The molecule has 0 saturated heterocycles. The molecule has 48 heavy (non-hydrogen) atoms. The summed E-state index contributed by atoms with van der Waals surface area (Å²) in [5.74, 6) is 1.93. The lowest BCUT2D eigenvalue weighted by atomic mass is 9.86. The van der Waals surface area contributed by atoms with Crippen LogP contribution in [0.2, 0.25) is 0 Å². The van der Waals surface area contributed by atoms with E-state index in [1.54, 1.807) is 0 Å². The molecule has 0 amide bonds. The van der Waals surface area contributed by atoms with Gasteiger partial charge in [0.05, 0.1) is 0 Å². The van der Waals surface area contributed by atoms with Crippen molar-refractivity contribution in [1.82, 2.24) is 19.9 Å². The molecule has 0 aliphatic carbocycles. The fourth-order valence-electron chi connectivity index (χ4n) is 6.05. The summed E-state index contributed by atoms with van der Waals surface area (Å²) in [6, 6.07) is 58.6. The fourth-order valence-corrected chi connectivity index (χ4v) is 6.05. The number of benzene rings is 6. The van der Waals surface area contributed by atoms with Crippen LogP contribution in [0.4, 0.5) is 0 Å². The zero-order valence-electron chi connectivity index (χ0n) is 26.1. The van der Waals surface area contributed by atoms with Crippen molar-refractivity contribution < 1.29 is 0 Å². The van der Waals surface area contributed by atoms with Gasteiger partial charge in [-0.3, -0.25) is 4.98 Å². The van der Waals surface area contributed by atoms with Crippen molar-refractivity contribution in [3.8, 4) is 78.7 Å². The lowest BCUT2D eigenvalue weighted by Crippen LogP contribution is -2.00. The van der Waals surface area contributed by atoms with Gasteiger partial charge >= 0.3 is 0 Å². The Hall–Kier alpha value is -6.52. The predicted molar refractivity (Wildman–Crippen MR) is 196 cm³/mol. The highest BCUT2D eigenvalue weighted by molar-refractivity contribution is 5.95. The average molecular weight is 615 g/mol. The Kier molecular flexibility index (Phi) is 7.87. The van der Waals surface area contributed by atoms with Crippen LogP contribution in [0.5, 0.6) is 0 Å². The highest BCUT2D eigenvalue weighted by Gasteiger charge is 2.17. The van der Waals surface area contributed by atoms with E-state index in [1.807, 2.05) is 79.1 Å². The molecular formula is C44H30N4. The van der Waals surface area contributed by atoms with E-state index in [0.717, 1.165) is 61.2 Å². The summed E-state index contributed by atoms with van der Waals surface area (Å²) >= 11 is 0. The molecule has 0 saturated carbocycles. The lowest BCUT2D eigenvalue weighted by Gasteiger charge is -2.18. The van der Waals surface area contributed by atoms with Gasteiger partial charge in [-0.25, -0.2) is 15.0 Å². The number of pyridine rings is 1. The third-order valence-electron chi connectivity index (χ3n) is 8.45. The van der Waals surface area contributed by atoms with Crippen molar-refractivity contribution in [1.29, 1.82) is 0 Å². The van der Waals surface area contributed by atoms with Gasteiger partial charge in [-0.05, 0) is 57.1 Å². The van der Waals surface area contributed by atoms with E-state index in [-0.39, 0.29) is 0 Å². The average Bonchev–Trinajstić information content (AvgIpc) is 3.19. The van der Waals surface area contributed by atoms with Crippen LogP contribution in [0, 0.1) is 0 Å². The van der Waals surface area contributed by atoms with E-state index in [1.165, 1.54) is 0 Å². The minimum Gasteiger partial charge on any atom is -0.264 e. The SMILES string of the molecule is c1ccc(-c2nc(-c3ccccc3)nc(-c3ccc(-c4cc(-c5ccccc5)c(-c5cccnc5)cc4-c4ccccc4)cc3)n2)cc1. The number of nitrogens with zero attached hydrogens (tertiary/aromatic N) is 4. The van der Waals surface area contributed by atoms with Gasteiger partial charge in [0.2, 0.25) is 0 Å². The third kappa shape index (κ3) is 5.91. The van der Waals surface area contributed by atoms with Gasteiger partial charge < -0.3 is 0 Å². The van der Waals surface area contributed by atoms with Gasteiger partial charge in [0.1, 0.15) is 0 Å². The van der Waals surface area contributed by atoms with Crippen LogP contribution in [-0.4, -0.2) is 19.9 Å². The molecule has 226 valence electrons. The minimum absolute atomic E-state index is 0.634. The molecule has 0 aliphatic heterocycles. The standard InChI is InChI=1S/C44H30N4/c1-5-14-31(15-6-1)38-29-41(37-22-13-27-45-30-37)39(32-16-7-2-8-17-32)28-40(38)33-23-25-36(26-24-33)44-47-42(34-18-9-3-10-19-34)46-43(48-44)35-20-11-4-12-21-35/h1-30H. The van der Waals surface area contributed by atoms with E-state index in [0.29, 0.717) is 17.5 Å². The molecular weight excluding hydrogens is 585 g/mol. The Morgan fingerprint density at radius 2 is 0.583 bits per heavy atom. The molecule has 2 aromatic heterocycles. The summed E-state index contributed by atoms with van der Waals surface area (Å²) in [4.78, 5) is 19.2. The third-order valence-corrected chi connectivity index (χ3v) is 8.45. The van der Waals surface area contributed by atoms with Crippen molar-refractivity contribution in [2.24, 2.45) is 0 Å². The minimum atomic E-state index is 0.634. The van der Waals surface area contributed by atoms with E-state index in [2.05, 4.69) is 108 Å². The van der Waals surface area contributed by atoms with Gasteiger partial charge in [-0.15, -0.1) is 0 Å². The maximum Gasteiger partial charge on any atom is 0.164 e. The lowest BCUT2D eigenvalue weighted by molar-refractivity contribution is 1.07. The first-order valence-corrected chi connectivity index (χ1v) is 16.0. The van der Waals surface area contributed by atoms with Crippen LogP contribution in [0.25, 0.3) is 78.7 Å². The van der Waals surface area contributed by atoms with E-state index < -0.39 is 0 Å². The molecule has 8 aromatic rings. The quantitative estimate of drug-likeness (QED) is 0.179. The number of hydrogen-bond acceptors (Lipinski definition) is 4. The van der Waals surface area contributed by atoms with E-state index in [9.17, 15) is 0 Å². The van der Waals surface area contributed by atoms with Crippen molar-refractivity contribution in [3.05, 3.63) is 182 Å². The number of hydrogen-bond donors (Lipinski definition) is 0. The monoisotopic (exact) mass is 614 g/mol. The molecule has 0 bridgehead atoms. The van der Waals surface area contributed by atoms with Gasteiger partial charge in [0.15, 0.2) is 17.5 Å². The second kappa shape index (κ2) is 13.1. The highest BCUT2D eigenvalue weighted by Crippen LogP contribution is 2.42. The first kappa shape index (κ1) is 28.9. The van der Waals surface area contributed by atoms with E-state index >= 15 is 0 Å². The Morgan fingerprint density at radius 3 is 0.979 bits per heavy atom.